The summed E-state index contributed by atoms with van der Waals surface area (Å²) in [6, 6.07) is 12.4. The zero-order valence-corrected chi connectivity index (χ0v) is 21.9. The summed E-state index contributed by atoms with van der Waals surface area (Å²) < 4.78 is 5.48. The smallest absolute Gasteiger partial charge is 0.257 e. The number of fused-ring (bicyclic) bond motifs is 1. The Bertz CT molecular complexity index is 1250. The van der Waals surface area contributed by atoms with Gasteiger partial charge in [-0.25, -0.2) is 0 Å². The van der Waals surface area contributed by atoms with E-state index in [1.165, 1.54) is 11.1 Å². The monoisotopic (exact) mass is 517 g/mol. The number of rotatable bonds is 7. The van der Waals surface area contributed by atoms with Gasteiger partial charge in [0.1, 0.15) is 6.04 Å². The van der Waals surface area contributed by atoms with Crippen LogP contribution in [0.25, 0.3) is 0 Å². The molecule has 0 bridgehead atoms. The lowest BCUT2D eigenvalue weighted by molar-refractivity contribution is -0.136. The predicted octanol–water partition coefficient (Wildman–Crippen LogP) is 1.88. The van der Waals surface area contributed by atoms with Crippen LogP contribution in [0.3, 0.4) is 0 Å². The molecular formula is C29H35N5O4. The average molecular weight is 518 g/mol. The first-order chi connectivity index (χ1) is 18.5. The van der Waals surface area contributed by atoms with Crippen LogP contribution in [0.2, 0.25) is 0 Å². The predicted molar refractivity (Wildman–Crippen MR) is 142 cm³/mol. The second kappa shape index (κ2) is 10.5. The highest BCUT2D eigenvalue weighted by molar-refractivity contribution is 6.07. The molecule has 0 saturated carbocycles. The molecule has 9 nitrogen and oxygen atoms in total. The van der Waals surface area contributed by atoms with Crippen molar-refractivity contribution in [3.8, 4) is 0 Å². The SMILES string of the molecule is Cc1cc(CNc2cccc3c2C(=O)N(C2CCC(=O)NC2=O)C3)ccc1CN1CC(N2CCOCC2)C1. The van der Waals surface area contributed by atoms with Crippen LogP contribution < -0.4 is 10.6 Å². The van der Waals surface area contributed by atoms with E-state index in [1.54, 1.807) is 4.90 Å². The van der Waals surface area contributed by atoms with Crippen LogP contribution in [-0.4, -0.2) is 83.9 Å². The number of nitrogens with one attached hydrogen (secondary N) is 2. The summed E-state index contributed by atoms with van der Waals surface area (Å²) in [4.78, 5) is 43.9. The Morgan fingerprint density at radius 1 is 1.08 bits per heavy atom. The number of imide groups is 1. The molecule has 3 fully saturated rings. The van der Waals surface area contributed by atoms with Crippen molar-refractivity contribution in [3.63, 3.8) is 0 Å². The van der Waals surface area contributed by atoms with Crippen molar-refractivity contribution in [3.05, 3.63) is 64.2 Å². The Morgan fingerprint density at radius 2 is 1.89 bits per heavy atom. The van der Waals surface area contributed by atoms with Gasteiger partial charge in [0.25, 0.3) is 5.91 Å². The summed E-state index contributed by atoms with van der Waals surface area (Å²) >= 11 is 0. The van der Waals surface area contributed by atoms with Gasteiger partial charge in [-0.15, -0.1) is 0 Å². The number of amides is 3. The van der Waals surface area contributed by atoms with Gasteiger partial charge in [-0.3, -0.25) is 29.5 Å². The molecule has 2 N–H and O–H groups in total. The van der Waals surface area contributed by atoms with Gasteiger partial charge in [0, 0.05) is 64.0 Å². The van der Waals surface area contributed by atoms with Crippen LogP contribution in [0.15, 0.2) is 36.4 Å². The van der Waals surface area contributed by atoms with E-state index in [0.717, 1.165) is 62.8 Å². The second-order valence-corrected chi connectivity index (χ2v) is 10.9. The fraction of sp³-hybridized carbons (Fsp3) is 0.483. The molecule has 0 spiro atoms. The fourth-order valence-electron chi connectivity index (χ4n) is 6.09. The molecule has 1 atom stereocenters. The Kier molecular flexibility index (Phi) is 6.90. The van der Waals surface area contributed by atoms with E-state index in [0.29, 0.717) is 31.1 Å². The molecule has 0 aromatic heterocycles. The van der Waals surface area contributed by atoms with E-state index in [4.69, 9.17) is 4.74 Å². The Hall–Kier alpha value is -3.27. The highest BCUT2D eigenvalue weighted by Crippen LogP contribution is 2.32. The van der Waals surface area contributed by atoms with E-state index in [-0.39, 0.29) is 24.1 Å². The van der Waals surface area contributed by atoms with E-state index >= 15 is 0 Å². The maximum Gasteiger partial charge on any atom is 0.257 e. The van der Waals surface area contributed by atoms with Gasteiger partial charge in [0.05, 0.1) is 18.8 Å². The van der Waals surface area contributed by atoms with Gasteiger partial charge in [-0.2, -0.15) is 0 Å². The number of hydrogen-bond acceptors (Lipinski definition) is 7. The maximum absolute atomic E-state index is 13.3. The van der Waals surface area contributed by atoms with Gasteiger partial charge in [0.2, 0.25) is 11.8 Å². The zero-order chi connectivity index (χ0) is 26.2. The number of benzene rings is 2. The van der Waals surface area contributed by atoms with E-state index < -0.39 is 6.04 Å². The third-order valence-electron chi connectivity index (χ3n) is 8.34. The average Bonchev–Trinajstić information content (AvgIpc) is 3.23. The molecule has 0 aliphatic carbocycles. The Morgan fingerprint density at radius 3 is 2.66 bits per heavy atom. The van der Waals surface area contributed by atoms with E-state index in [2.05, 4.69) is 45.6 Å². The minimum absolute atomic E-state index is 0.158. The number of morpholine rings is 1. The summed E-state index contributed by atoms with van der Waals surface area (Å²) in [6.45, 7) is 10.1. The number of anilines is 1. The second-order valence-electron chi connectivity index (χ2n) is 10.9. The number of carbonyl (C=O) groups is 3. The summed E-state index contributed by atoms with van der Waals surface area (Å²) in [5, 5.41) is 5.82. The topological polar surface area (TPSA) is 94.2 Å². The van der Waals surface area contributed by atoms with Crippen molar-refractivity contribution in [2.45, 2.75) is 51.5 Å². The first-order valence-corrected chi connectivity index (χ1v) is 13.6. The molecule has 1 unspecified atom stereocenters. The Balaban J connectivity index is 1.06. The van der Waals surface area contributed by atoms with Gasteiger partial charge in [-0.1, -0.05) is 30.3 Å². The first kappa shape index (κ1) is 25.0. The Labute approximate surface area is 223 Å². The molecule has 9 heteroatoms. The summed E-state index contributed by atoms with van der Waals surface area (Å²) in [6.07, 6.45) is 0.618. The maximum atomic E-state index is 13.3. The number of carbonyl (C=O) groups excluding carboxylic acids is 3. The van der Waals surface area contributed by atoms with Crippen molar-refractivity contribution in [1.29, 1.82) is 0 Å². The van der Waals surface area contributed by atoms with Crippen molar-refractivity contribution < 1.29 is 19.1 Å². The number of likely N-dealkylation sites (tertiary alicyclic amines) is 1. The zero-order valence-electron chi connectivity index (χ0n) is 21.9. The largest absolute Gasteiger partial charge is 0.380 e. The molecule has 0 radical (unpaired) electrons. The van der Waals surface area contributed by atoms with E-state index in [9.17, 15) is 14.4 Å². The molecule has 38 heavy (non-hydrogen) atoms. The lowest BCUT2D eigenvalue weighted by atomic mass is 10.0. The number of ether oxygens (including phenoxy) is 1. The normalized spacial score (nSPS) is 22.8. The lowest BCUT2D eigenvalue weighted by Crippen LogP contribution is -2.60. The van der Waals surface area contributed by atoms with Crippen LogP contribution in [0.5, 0.6) is 0 Å². The van der Waals surface area contributed by atoms with E-state index in [1.807, 2.05) is 18.2 Å². The van der Waals surface area contributed by atoms with Crippen LogP contribution in [0.4, 0.5) is 5.69 Å². The molecule has 4 aliphatic rings. The standard InChI is InChI=1S/C29H35N5O4/c1-19-13-20(5-6-21(19)15-32-17-23(18-32)33-9-11-38-12-10-33)14-30-24-4-2-3-22-16-34(29(37)27(22)24)25-7-8-26(35)31-28(25)36/h2-6,13,23,25,30H,7-12,14-18H2,1H3,(H,31,35,36). The first-order valence-electron chi connectivity index (χ1n) is 13.6. The highest BCUT2D eigenvalue weighted by Gasteiger charge is 2.40. The minimum Gasteiger partial charge on any atom is -0.380 e. The summed E-state index contributed by atoms with van der Waals surface area (Å²) in [5.74, 6) is -0.822. The van der Waals surface area contributed by atoms with Crippen molar-refractivity contribution in [2.24, 2.45) is 0 Å². The van der Waals surface area contributed by atoms with Gasteiger partial charge < -0.3 is 15.0 Å². The van der Waals surface area contributed by atoms with Crippen molar-refractivity contribution >= 4 is 23.4 Å². The summed E-state index contributed by atoms with van der Waals surface area (Å²) in [5.41, 5.74) is 6.09. The van der Waals surface area contributed by atoms with Crippen LogP contribution in [0, 0.1) is 6.92 Å². The number of aryl methyl sites for hydroxylation is 1. The third kappa shape index (κ3) is 4.93. The van der Waals surface area contributed by atoms with Crippen molar-refractivity contribution in [1.82, 2.24) is 20.0 Å². The number of piperidine rings is 1. The van der Waals surface area contributed by atoms with Crippen molar-refractivity contribution in [2.75, 3.05) is 44.7 Å². The minimum atomic E-state index is -0.605. The summed E-state index contributed by atoms with van der Waals surface area (Å²) in [7, 11) is 0. The van der Waals surface area contributed by atoms with Crippen LogP contribution in [0.1, 0.15) is 45.5 Å². The van der Waals surface area contributed by atoms with Crippen LogP contribution in [-0.2, 0) is 34.0 Å². The fourth-order valence-corrected chi connectivity index (χ4v) is 6.09. The van der Waals surface area contributed by atoms with Gasteiger partial charge in [-0.05, 0) is 41.7 Å². The molecule has 2 aromatic rings. The molecular weight excluding hydrogens is 482 g/mol. The molecule has 2 aromatic carbocycles. The molecule has 4 heterocycles. The number of nitrogens with zero attached hydrogens (tertiary/aromatic N) is 3. The third-order valence-corrected chi connectivity index (χ3v) is 8.34. The lowest BCUT2D eigenvalue weighted by Gasteiger charge is -2.46. The molecule has 200 valence electrons. The highest BCUT2D eigenvalue weighted by atomic mass is 16.5. The quantitative estimate of drug-likeness (QED) is 0.542. The molecule has 6 rings (SSSR count). The van der Waals surface area contributed by atoms with Gasteiger partial charge in [0.15, 0.2) is 0 Å². The molecule has 4 aliphatic heterocycles. The molecule has 3 saturated heterocycles. The number of hydrogen-bond donors (Lipinski definition) is 2. The van der Waals surface area contributed by atoms with Gasteiger partial charge >= 0.3 is 0 Å². The van der Waals surface area contributed by atoms with Crippen LogP contribution >= 0.6 is 0 Å². The molecule has 3 amide bonds.